The number of nitrogens with zero attached hydrogens (tertiary/aromatic N) is 3. The molecule has 196 valence electrons. The van der Waals surface area contributed by atoms with Crippen LogP contribution in [-0.4, -0.2) is 84.2 Å². The molecule has 11 heteroatoms. The van der Waals surface area contributed by atoms with Crippen LogP contribution in [-0.2, 0) is 14.3 Å². The molecule has 2 heterocycles. The maximum Gasteiger partial charge on any atom is 0.270 e. The van der Waals surface area contributed by atoms with Crippen LogP contribution in [0.25, 0.3) is 0 Å². The highest BCUT2D eigenvalue weighted by Gasteiger charge is 2.54. The van der Waals surface area contributed by atoms with Gasteiger partial charge in [0.25, 0.3) is 17.5 Å². The number of piperidine rings is 1. The predicted molar refractivity (Wildman–Crippen MR) is 133 cm³/mol. The first-order valence-corrected chi connectivity index (χ1v) is 12.1. The number of hydrogen-bond donors (Lipinski definition) is 1. The van der Waals surface area contributed by atoms with Crippen LogP contribution in [0, 0.1) is 17.0 Å². The molecule has 0 radical (unpaired) electrons. The molecule has 0 saturated carbocycles. The number of hydrogen-bond acceptors (Lipinski definition) is 7. The molecule has 1 spiro atoms. The Morgan fingerprint density at radius 2 is 1.86 bits per heavy atom. The Labute approximate surface area is 214 Å². The van der Waals surface area contributed by atoms with Crippen LogP contribution >= 0.6 is 0 Å². The minimum atomic E-state index is -1.05. The summed E-state index contributed by atoms with van der Waals surface area (Å²) in [7, 11) is 1.54. The Bertz CT molecular complexity index is 1190. The topological polar surface area (TPSA) is 131 Å². The number of methoxy groups -OCH3 is 1. The van der Waals surface area contributed by atoms with Gasteiger partial charge >= 0.3 is 0 Å². The van der Waals surface area contributed by atoms with E-state index in [4.69, 9.17) is 9.47 Å². The maximum atomic E-state index is 13.8. The molecule has 1 unspecified atom stereocenters. The van der Waals surface area contributed by atoms with Crippen molar-refractivity contribution >= 4 is 23.4 Å². The van der Waals surface area contributed by atoms with Crippen LogP contribution in [0.1, 0.15) is 39.1 Å². The normalized spacial score (nSPS) is 18.6. The van der Waals surface area contributed by atoms with E-state index >= 15 is 0 Å². The highest BCUT2D eigenvalue weighted by Crippen LogP contribution is 2.39. The van der Waals surface area contributed by atoms with Crippen molar-refractivity contribution < 1.29 is 28.8 Å². The second-order valence-corrected chi connectivity index (χ2v) is 9.15. The van der Waals surface area contributed by atoms with E-state index in [1.54, 1.807) is 23.1 Å². The van der Waals surface area contributed by atoms with E-state index in [0.29, 0.717) is 31.6 Å². The van der Waals surface area contributed by atoms with Gasteiger partial charge in [-0.1, -0.05) is 24.3 Å². The summed E-state index contributed by atoms with van der Waals surface area (Å²) in [5.74, 6) is -0.964. The van der Waals surface area contributed by atoms with Gasteiger partial charge in [0, 0.05) is 62.8 Å². The molecule has 2 saturated heterocycles. The molecular formula is C26H30N4O7. The summed E-state index contributed by atoms with van der Waals surface area (Å²) in [5, 5.41) is 13.9. The minimum absolute atomic E-state index is 0.0370. The van der Waals surface area contributed by atoms with Crippen LogP contribution in [0.2, 0.25) is 0 Å². The lowest BCUT2D eigenvalue weighted by Crippen LogP contribution is -2.60. The van der Waals surface area contributed by atoms with E-state index < -0.39 is 16.7 Å². The van der Waals surface area contributed by atoms with E-state index in [2.05, 4.69) is 5.32 Å². The molecule has 0 aliphatic carbocycles. The molecule has 1 atom stereocenters. The molecule has 11 nitrogen and oxygen atoms in total. The fraction of sp³-hybridized carbons (Fsp3) is 0.423. The quantitative estimate of drug-likeness (QED) is 0.343. The summed E-state index contributed by atoms with van der Waals surface area (Å²) in [4.78, 5) is 53.7. The fourth-order valence-corrected chi connectivity index (χ4v) is 4.90. The predicted octanol–water partition coefficient (Wildman–Crippen LogP) is 2.14. The summed E-state index contributed by atoms with van der Waals surface area (Å²) < 4.78 is 11.2. The van der Waals surface area contributed by atoms with Crippen LogP contribution in [0.5, 0.6) is 0 Å². The van der Waals surface area contributed by atoms with Crippen molar-refractivity contribution in [2.45, 2.75) is 31.5 Å². The number of benzene rings is 2. The van der Waals surface area contributed by atoms with Gasteiger partial charge in [0.2, 0.25) is 5.91 Å². The molecule has 2 aromatic rings. The third kappa shape index (κ3) is 5.32. The molecule has 0 aromatic heterocycles. The number of nitro benzene ring substituents is 1. The first kappa shape index (κ1) is 26.2. The molecule has 37 heavy (non-hydrogen) atoms. The van der Waals surface area contributed by atoms with Crippen molar-refractivity contribution in [1.82, 2.24) is 15.1 Å². The van der Waals surface area contributed by atoms with Crippen molar-refractivity contribution in [2.24, 2.45) is 0 Å². The van der Waals surface area contributed by atoms with Gasteiger partial charge in [-0.15, -0.1) is 0 Å². The first-order valence-electron chi connectivity index (χ1n) is 12.1. The van der Waals surface area contributed by atoms with Gasteiger partial charge in [-0.3, -0.25) is 29.4 Å². The van der Waals surface area contributed by atoms with Gasteiger partial charge in [-0.05, 0) is 24.6 Å². The number of nitro groups is 1. The molecule has 2 aliphatic rings. The summed E-state index contributed by atoms with van der Waals surface area (Å²) in [6.07, 6.45) is 0.597. The van der Waals surface area contributed by atoms with Crippen molar-refractivity contribution in [2.75, 3.05) is 40.0 Å². The highest BCUT2D eigenvalue weighted by atomic mass is 16.6. The van der Waals surface area contributed by atoms with E-state index in [1.807, 2.05) is 19.1 Å². The Balaban J connectivity index is 1.56. The largest absolute Gasteiger partial charge is 0.383 e. The van der Waals surface area contributed by atoms with Gasteiger partial charge in [-0.25, -0.2) is 0 Å². The Morgan fingerprint density at radius 3 is 2.54 bits per heavy atom. The average molecular weight is 511 g/mol. The van der Waals surface area contributed by atoms with Crippen LogP contribution in [0.15, 0.2) is 48.5 Å². The Morgan fingerprint density at radius 1 is 1.14 bits per heavy atom. The smallest absolute Gasteiger partial charge is 0.270 e. The minimum Gasteiger partial charge on any atom is -0.383 e. The average Bonchev–Trinajstić information content (AvgIpc) is 3.27. The van der Waals surface area contributed by atoms with Crippen molar-refractivity contribution in [3.05, 3.63) is 75.3 Å². The summed E-state index contributed by atoms with van der Waals surface area (Å²) in [6.45, 7) is 3.04. The Kier molecular flexibility index (Phi) is 7.84. The molecular weight excluding hydrogens is 480 g/mol. The SMILES string of the molecule is COCCNC(=O)C1COC2(CCN(C(=O)c3cccc([N+](=O)[O-])c3)CC2)N1C(=O)c1ccccc1C. The van der Waals surface area contributed by atoms with Crippen molar-refractivity contribution in [1.29, 1.82) is 0 Å². The lowest BCUT2D eigenvalue weighted by molar-refractivity contribution is -0.384. The standard InChI is InChI=1S/C26H30N4O7/c1-18-6-3-4-9-21(18)25(33)29-22(23(31)27-12-15-36-2)17-37-26(29)10-13-28(14-11-26)24(32)19-7-5-8-20(16-19)30(34)35/h3-9,16,22H,10-15,17H2,1-2H3,(H,27,31). The van der Waals surface area contributed by atoms with Gasteiger partial charge < -0.3 is 19.7 Å². The number of ether oxygens (including phenoxy) is 2. The molecule has 1 N–H and O–H groups in total. The molecule has 2 fully saturated rings. The van der Waals surface area contributed by atoms with Crippen molar-refractivity contribution in [3.8, 4) is 0 Å². The molecule has 2 aliphatic heterocycles. The van der Waals surface area contributed by atoms with E-state index in [9.17, 15) is 24.5 Å². The lowest BCUT2D eigenvalue weighted by Gasteiger charge is -2.44. The second-order valence-electron chi connectivity index (χ2n) is 9.15. The number of nitrogens with one attached hydrogen (secondary N) is 1. The van der Waals surface area contributed by atoms with Gasteiger partial charge in [0.05, 0.1) is 18.1 Å². The van der Waals surface area contributed by atoms with E-state index in [0.717, 1.165) is 5.56 Å². The van der Waals surface area contributed by atoms with E-state index in [-0.39, 0.29) is 48.7 Å². The number of rotatable bonds is 7. The first-order chi connectivity index (χ1) is 17.8. The third-order valence-electron chi connectivity index (χ3n) is 6.90. The lowest BCUT2D eigenvalue weighted by atomic mass is 9.95. The van der Waals surface area contributed by atoms with E-state index in [1.165, 1.54) is 30.2 Å². The highest BCUT2D eigenvalue weighted by molar-refractivity contribution is 5.99. The van der Waals surface area contributed by atoms with Gasteiger partial charge in [0.1, 0.15) is 11.8 Å². The summed E-state index contributed by atoms with van der Waals surface area (Å²) in [5.41, 5.74) is 0.280. The van der Waals surface area contributed by atoms with Gasteiger partial charge in [-0.2, -0.15) is 0 Å². The summed E-state index contributed by atoms with van der Waals surface area (Å²) in [6, 6.07) is 12.0. The number of carbonyl (C=O) groups excluding carboxylic acids is 3. The van der Waals surface area contributed by atoms with Crippen LogP contribution in [0.4, 0.5) is 5.69 Å². The van der Waals surface area contributed by atoms with Gasteiger partial charge in [0.15, 0.2) is 0 Å². The maximum absolute atomic E-state index is 13.8. The zero-order chi connectivity index (χ0) is 26.6. The molecule has 0 bridgehead atoms. The number of aryl methyl sites for hydroxylation is 1. The molecule has 4 rings (SSSR count). The summed E-state index contributed by atoms with van der Waals surface area (Å²) >= 11 is 0. The zero-order valence-electron chi connectivity index (χ0n) is 20.8. The number of non-ortho nitro benzene ring substituents is 1. The number of carbonyl (C=O) groups is 3. The monoisotopic (exact) mass is 510 g/mol. The van der Waals surface area contributed by atoms with Crippen LogP contribution in [0.3, 0.4) is 0 Å². The van der Waals surface area contributed by atoms with Crippen LogP contribution < -0.4 is 5.32 Å². The Hall–Kier alpha value is -3.83. The molecule has 3 amide bonds. The third-order valence-corrected chi connectivity index (χ3v) is 6.90. The zero-order valence-corrected chi connectivity index (χ0v) is 20.8. The second kappa shape index (κ2) is 11.1. The number of amides is 3. The molecule has 2 aromatic carbocycles. The van der Waals surface area contributed by atoms with Crippen molar-refractivity contribution in [3.63, 3.8) is 0 Å². The number of likely N-dealkylation sites (tertiary alicyclic amines) is 1. The fourth-order valence-electron chi connectivity index (χ4n) is 4.90.